The summed E-state index contributed by atoms with van der Waals surface area (Å²) in [7, 11) is 0. The lowest BCUT2D eigenvalue weighted by Crippen LogP contribution is -2.11. The van der Waals surface area contributed by atoms with Crippen molar-refractivity contribution in [3.05, 3.63) is 102 Å². The van der Waals surface area contributed by atoms with Crippen LogP contribution < -0.4 is 5.32 Å². The van der Waals surface area contributed by atoms with Crippen LogP contribution in [0.1, 0.15) is 27.0 Å². The second-order valence-corrected chi connectivity index (χ2v) is 10.5. The second kappa shape index (κ2) is 9.92. The normalized spacial score (nSPS) is 11.2. The average molecular weight is 556 g/mol. The molecule has 2 aromatic carbocycles. The lowest BCUT2D eigenvalue weighted by molar-refractivity contribution is 0.101. The standard InChI is InChI=1S/C31H21N7O2S/c1-17(39)25-12-13-26(41-25)21-8-5-9-23-27(21)36-30(35-23)29-28-24(37-38-29)11-10-22(34-28)19-14-20(16-32-15-19)33-31(40)18-6-3-2-4-7-18/h2-16H,1H3,(H,33,40)(H,35,36)(H,37,38). The van der Waals surface area contributed by atoms with Gasteiger partial charge >= 0.3 is 0 Å². The van der Waals surface area contributed by atoms with Gasteiger partial charge in [-0.05, 0) is 55.5 Å². The smallest absolute Gasteiger partial charge is 0.255 e. The number of aromatic amines is 2. The summed E-state index contributed by atoms with van der Waals surface area (Å²) >= 11 is 1.45. The Morgan fingerprint density at radius 2 is 1.73 bits per heavy atom. The number of aromatic nitrogens is 6. The van der Waals surface area contributed by atoms with Gasteiger partial charge in [-0.2, -0.15) is 5.10 Å². The minimum atomic E-state index is -0.214. The number of hydrogen-bond acceptors (Lipinski definition) is 7. The SMILES string of the molecule is CC(=O)c1ccc(-c2cccc3[nH]c(-c4n[nH]c5ccc(-c6cncc(NC(=O)c7ccccc7)c6)nc45)nc23)s1. The van der Waals surface area contributed by atoms with Crippen LogP contribution in [0.3, 0.4) is 0 Å². The number of fused-ring (bicyclic) bond motifs is 2. The monoisotopic (exact) mass is 555 g/mol. The summed E-state index contributed by atoms with van der Waals surface area (Å²) in [5, 5.41) is 10.5. The van der Waals surface area contributed by atoms with Crippen LogP contribution in [-0.2, 0) is 0 Å². The number of amides is 1. The Bertz CT molecular complexity index is 2090. The predicted octanol–water partition coefficient (Wildman–Crippen LogP) is 6.75. The number of carbonyl (C=O) groups excluding carboxylic acids is 2. The quantitative estimate of drug-likeness (QED) is 0.195. The molecule has 3 N–H and O–H groups in total. The van der Waals surface area contributed by atoms with Crippen molar-refractivity contribution in [2.75, 3.05) is 5.32 Å². The first-order valence-corrected chi connectivity index (χ1v) is 13.6. The third kappa shape index (κ3) is 4.56. The zero-order valence-corrected chi connectivity index (χ0v) is 22.5. The average Bonchev–Trinajstić information content (AvgIpc) is 3.75. The molecule has 0 fully saturated rings. The van der Waals surface area contributed by atoms with Gasteiger partial charge in [0.1, 0.15) is 5.52 Å². The van der Waals surface area contributed by atoms with Gasteiger partial charge in [-0.15, -0.1) is 11.3 Å². The molecular formula is C31H21N7O2S. The number of imidazole rings is 1. The van der Waals surface area contributed by atoms with Gasteiger partial charge in [0.05, 0.1) is 39.0 Å². The number of hydrogen-bond donors (Lipinski definition) is 3. The van der Waals surface area contributed by atoms with E-state index in [0.29, 0.717) is 38.9 Å². The van der Waals surface area contributed by atoms with Crippen LogP contribution in [-0.4, -0.2) is 41.8 Å². The predicted molar refractivity (Wildman–Crippen MR) is 160 cm³/mol. The molecule has 7 rings (SSSR count). The Hall–Kier alpha value is -5.48. The summed E-state index contributed by atoms with van der Waals surface area (Å²) in [6, 6.07) is 24.4. The van der Waals surface area contributed by atoms with Gasteiger partial charge in [-0.1, -0.05) is 30.3 Å². The largest absolute Gasteiger partial charge is 0.336 e. The highest BCUT2D eigenvalue weighted by Crippen LogP contribution is 2.35. The fourth-order valence-corrected chi connectivity index (χ4v) is 5.61. The highest BCUT2D eigenvalue weighted by atomic mass is 32.1. The third-order valence-corrected chi connectivity index (χ3v) is 7.91. The van der Waals surface area contributed by atoms with Crippen molar-refractivity contribution in [3.63, 3.8) is 0 Å². The molecule has 1 amide bonds. The van der Waals surface area contributed by atoms with E-state index in [1.165, 1.54) is 11.3 Å². The van der Waals surface area contributed by atoms with Crippen molar-refractivity contribution in [1.82, 2.24) is 30.1 Å². The molecule has 0 spiro atoms. The van der Waals surface area contributed by atoms with Gasteiger partial charge in [0.2, 0.25) is 0 Å². The number of Topliss-reactive ketones (excluding diaryl/α,β-unsaturated/α-hetero) is 1. The molecule has 0 bridgehead atoms. The fraction of sp³-hybridized carbons (Fsp3) is 0.0323. The minimum absolute atomic E-state index is 0.0420. The number of H-pyrrole nitrogens is 2. The Labute approximate surface area is 237 Å². The molecule has 41 heavy (non-hydrogen) atoms. The van der Waals surface area contributed by atoms with E-state index in [1.807, 2.05) is 66.7 Å². The van der Waals surface area contributed by atoms with Crippen molar-refractivity contribution < 1.29 is 9.59 Å². The summed E-state index contributed by atoms with van der Waals surface area (Å²) in [5.41, 5.74) is 7.13. The van der Waals surface area contributed by atoms with Gasteiger partial charge in [-0.3, -0.25) is 19.7 Å². The molecule has 0 aliphatic rings. The first kappa shape index (κ1) is 24.6. The van der Waals surface area contributed by atoms with E-state index in [2.05, 4.69) is 25.5 Å². The molecule has 10 heteroatoms. The van der Waals surface area contributed by atoms with E-state index in [-0.39, 0.29) is 11.7 Å². The van der Waals surface area contributed by atoms with Gasteiger partial charge in [0.25, 0.3) is 5.91 Å². The van der Waals surface area contributed by atoms with Crippen LogP contribution in [0.4, 0.5) is 5.69 Å². The van der Waals surface area contributed by atoms with Crippen LogP contribution in [0, 0.1) is 0 Å². The van der Waals surface area contributed by atoms with Crippen LogP contribution in [0.25, 0.3) is 55.3 Å². The van der Waals surface area contributed by atoms with Gasteiger partial charge in [-0.25, -0.2) is 9.97 Å². The van der Waals surface area contributed by atoms with E-state index in [9.17, 15) is 9.59 Å². The lowest BCUT2D eigenvalue weighted by atomic mass is 10.1. The van der Waals surface area contributed by atoms with E-state index in [4.69, 9.17) is 9.97 Å². The topological polar surface area (TPSA) is 129 Å². The molecule has 0 radical (unpaired) electrons. The number of ketones is 1. The molecule has 0 saturated heterocycles. The van der Waals surface area contributed by atoms with Gasteiger partial charge < -0.3 is 10.3 Å². The number of nitrogens with zero attached hydrogens (tertiary/aromatic N) is 4. The number of pyridine rings is 2. The molecule has 7 aromatic rings. The molecule has 0 atom stereocenters. The number of rotatable bonds is 6. The maximum Gasteiger partial charge on any atom is 0.255 e. The molecular weight excluding hydrogens is 534 g/mol. The molecule has 9 nitrogen and oxygen atoms in total. The summed E-state index contributed by atoms with van der Waals surface area (Å²) in [6.07, 6.45) is 3.31. The Kier molecular flexibility index (Phi) is 5.94. The number of para-hydroxylation sites is 1. The maximum absolute atomic E-state index is 12.6. The second-order valence-electron chi connectivity index (χ2n) is 9.45. The lowest BCUT2D eigenvalue weighted by Gasteiger charge is -2.07. The number of benzene rings is 2. The molecule has 0 aliphatic heterocycles. The number of anilines is 1. The Balaban J connectivity index is 1.24. The van der Waals surface area contributed by atoms with E-state index >= 15 is 0 Å². The molecule has 198 valence electrons. The van der Waals surface area contributed by atoms with E-state index in [1.54, 1.807) is 31.5 Å². The summed E-state index contributed by atoms with van der Waals surface area (Å²) < 4.78 is 0. The van der Waals surface area contributed by atoms with Crippen molar-refractivity contribution in [2.24, 2.45) is 0 Å². The molecule has 5 heterocycles. The van der Waals surface area contributed by atoms with E-state index in [0.717, 1.165) is 32.6 Å². The number of carbonyl (C=O) groups is 2. The van der Waals surface area contributed by atoms with Gasteiger partial charge in [0, 0.05) is 27.8 Å². The number of thiophene rings is 1. The maximum atomic E-state index is 12.6. The number of nitrogens with one attached hydrogen (secondary N) is 3. The van der Waals surface area contributed by atoms with Crippen LogP contribution in [0.2, 0.25) is 0 Å². The summed E-state index contributed by atoms with van der Waals surface area (Å²) in [5.74, 6) is 0.406. The summed E-state index contributed by atoms with van der Waals surface area (Å²) in [4.78, 5) is 43.6. The molecule has 5 aromatic heterocycles. The van der Waals surface area contributed by atoms with Crippen molar-refractivity contribution in [1.29, 1.82) is 0 Å². The third-order valence-electron chi connectivity index (χ3n) is 6.69. The molecule has 0 unspecified atom stereocenters. The van der Waals surface area contributed by atoms with Gasteiger partial charge in [0.15, 0.2) is 17.3 Å². The highest BCUT2D eigenvalue weighted by Gasteiger charge is 2.18. The molecule has 0 aliphatic carbocycles. The Morgan fingerprint density at radius 1 is 0.854 bits per heavy atom. The zero-order valence-electron chi connectivity index (χ0n) is 21.7. The van der Waals surface area contributed by atoms with Crippen molar-refractivity contribution in [3.8, 4) is 33.2 Å². The minimum Gasteiger partial charge on any atom is -0.336 e. The zero-order chi connectivity index (χ0) is 27.9. The summed E-state index contributed by atoms with van der Waals surface area (Å²) in [6.45, 7) is 1.57. The molecule has 0 saturated carbocycles. The van der Waals surface area contributed by atoms with E-state index < -0.39 is 0 Å². The first-order valence-electron chi connectivity index (χ1n) is 12.8. The van der Waals surface area contributed by atoms with Crippen molar-refractivity contribution >= 4 is 50.8 Å². The fourth-order valence-electron chi connectivity index (χ4n) is 4.68. The highest BCUT2D eigenvalue weighted by molar-refractivity contribution is 7.17. The first-order chi connectivity index (χ1) is 20.0. The van der Waals surface area contributed by atoms with Crippen LogP contribution in [0.5, 0.6) is 0 Å². The van der Waals surface area contributed by atoms with Crippen LogP contribution >= 0.6 is 11.3 Å². The van der Waals surface area contributed by atoms with Crippen LogP contribution in [0.15, 0.2) is 91.3 Å². The Morgan fingerprint density at radius 3 is 2.56 bits per heavy atom. The van der Waals surface area contributed by atoms with Crippen molar-refractivity contribution in [2.45, 2.75) is 6.92 Å².